The maximum atomic E-state index is 13.4. The minimum Gasteiger partial charge on any atom is -0.398 e. The third kappa shape index (κ3) is 2.76. The minimum absolute atomic E-state index is 0.0164. The highest BCUT2D eigenvalue weighted by atomic mass is 19.2. The first-order chi connectivity index (χ1) is 9.34. The van der Waals surface area contributed by atoms with Crippen LogP contribution in [0.2, 0.25) is 0 Å². The SMILES string of the molecule is CCC(C)(C)Cn1nnnc1-c1cc(F)c(F)cc1N. The number of hydrogen-bond acceptors (Lipinski definition) is 4. The molecule has 1 heterocycles. The smallest absolute Gasteiger partial charge is 0.184 e. The standard InChI is InChI=1S/C13H17F2N5/c1-4-13(2,3)7-20-12(17-18-19-20)8-5-9(14)10(15)6-11(8)16/h5-6H,4,7,16H2,1-3H3. The quantitative estimate of drug-likeness (QED) is 0.875. The van der Waals surface area contributed by atoms with Crippen LogP contribution in [0.4, 0.5) is 14.5 Å². The maximum absolute atomic E-state index is 13.4. The molecule has 1 aromatic heterocycles. The van der Waals surface area contributed by atoms with Crippen molar-refractivity contribution in [3.05, 3.63) is 23.8 Å². The van der Waals surface area contributed by atoms with Crippen LogP contribution in [0.15, 0.2) is 12.1 Å². The summed E-state index contributed by atoms with van der Waals surface area (Å²) in [6.45, 7) is 6.78. The van der Waals surface area contributed by atoms with Crippen LogP contribution in [-0.4, -0.2) is 20.2 Å². The van der Waals surface area contributed by atoms with Crippen LogP contribution in [0, 0.1) is 17.0 Å². The summed E-state index contributed by atoms with van der Waals surface area (Å²) < 4.78 is 28.1. The number of anilines is 1. The lowest BCUT2D eigenvalue weighted by Gasteiger charge is -2.22. The van der Waals surface area contributed by atoms with Crippen LogP contribution in [0.5, 0.6) is 0 Å². The van der Waals surface area contributed by atoms with Gasteiger partial charge in [0.05, 0.1) is 6.54 Å². The van der Waals surface area contributed by atoms with E-state index in [1.54, 1.807) is 4.68 Å². The predicted molar refractivity (Wildman–Crippen MR) is 71.7 cm³/mol. The summed E-state index contributed by atoms with van der Waals surface area (Å²) in [4.78, 5) is 0. The molecule has 0 fully saturated rings. The minimum atomic E-state index is -0.987. The summed E-state index contributed by atoms with van der Waals surface area (Å²) in [6, 6.07) is 1.96. The molecule has 108 valence electrons. The van der Waals surface area contributed by atoms with Crippen molar-refractivity contribution in [3.63, 3.8) is 0 Å². The molecule has 1 aromatic carbocycles. The van der Waals surface area contributed by atoms with E-state index in [4.69, 9.17) is 5.73 Å². The molecule has 5 nitrogen and oxygen atoms in total. The molecule has 0 unspecified atom stereocenters. The Morgan fingerprint density at radius 3 is 2.55 bits per heavy atom. The van der Waals surface area contributed by atoms with E-state index in [9.17, 15) is 8.78 Å². The Morgan fingerprint density at radius 1 is 1.25 bits per heavy atom. The fraction of sp³-hybridized carbons (Fsp3) is 0.462. The number of benzene rings is 1. The molecule has 2 N–H and O–H groups in total. The molecule has 0 aliphatic carbocycles. The largest absolute Gasteiger partial charge is 0.398 e. The summed E-state index contributed by atoms with van der Waals surface area (Å²) >= 11 is 0. The highest BCUT2D eigenvalue weighted by Crippen LogP contribution is 2.29. The van der Waals surface area contributed by atoms with Crippen LogP contribution in [0.3, 0.4) is 0 Å². The van der Waals surface area contributed by atoms with E-state index in [2.05, 4.69) is 36.3 Å². The van der Waals surface area contributed by atoms with Gasteiger partial charge in [-0.3, -0.25) is 0 Å². The van der Waals surface area contributed by atoms with Gasteiger partial charge >= 0.3 is 0 Å². The van der Waals surface area contributed by atoms with Crippen LogP contribution in [0.25, 0.3) is 11.4 Å². The summed E-state index contributed by atoms with van der Waals surface area (Å²) in [7, 11) is 0. The van der Waals surface area contributed by atoms with Crippen molar-refractivity contribution >= 4 is 5.69 Å². The summed E-state index contributed by atoms with van der Waals surface area (Å²) in [5, 5.41) is 11.4. The highest BCUT2D eigenvalue weighted by Gasteiger charge is 2.21. The molecule has 2 rings (SSSR count). The average molecular weight is 281 g/mol. The van der Waals surface area contributed by atoms with Crippen LogP contribution >= 0.6 is 0 Å². The fourth-order valence-electron chi connectivity index (χ4n) is 1.78. The van der Waals surface area contributed by atoms with E-state index in [-0.39, 0.29) is 11.1 Å². The Labute approximate surface area is 115 Å². The third-order valence-electron chi connectivity index (χ3n) is 3.40. The van der Waals surface area contributed by atoms with Crippen LogP contribution in [-0.2, 0) is 6.54 Å². The van der Waals surface area contributed by atoms with E-state index >= 15 is 0 Å². The molecule has 0 radical (unpaired) electrons. The second-order valence-corrected chi connectivity index (χ2v) is 5.53. The van der Waals surface area contributed by atoms with Crippen molar-refractivity contribution in [2.45, 2.75) is 33.7 Å². The molecule has 0 atom stereocenters. The topological polar surface area (TPSA) is 69.6 Å². The molecule has 0 spiro atoms. The van der Waals surface area contributed by atoms with Gasteiger partial charge in [0.25, 0.3) is 0 Å². The van der Waals surface area contributed by atoms with Gasteiger partial charge in [-0.15, -0.1) is 5.10 Å². The number of aromatic nitrogens is 4. The number of tetrazole rings is 1. The van der Waals surface area contributed by atoms with Gasteiger partial charge < -0.3 is 5.73 Å². The van der Waals surface area contributed by atoms with E-state index in [0.717, 1.165) is 18.6 Å². The summed E-state index contributed by atoms with van der Waals surface area (Å²) in [5.41, 5.74) is 6.11. The zero-order valence-electron chi connectivity index (χ0n) is 11.7. The number of hydrogen-bond donors (Lipinski definition) is 1. The molecule has 0 saturated carbocycles. The van der Waals surface area contributed by atoms with Crippen molar-refractivity contribution in [1.82, 2.24) is 20.2 Å². The lowest BCUT2D eigenvalue weighted by atomic mass is 9.90. The summed E-state index contributed by atoms with van der Waals surface area (Å²) in [6.07, 6.45) is 0.930. The monoisotopic (exact) mass is 281 g/mol. The normalized spacial score (nSPS) is 11.8. The molecular formula is C13H17F2N5. The number of nitrogens with zero attached hydrogens (tertiary/aromatic N) is 4. The van der Waals surface area contributed by atoms with E-state index in [0.29, 0.717) is 17.9 Å². The highest BCUT2D eigenvalue weighted by molar-refractivity contribution is 5.71. The molecule has 0 bridgehead atoms. The average Bonchev–Trinajstić information content (AvgIpc) is 2.81. The fourth-order valence-corrected chi connectivity index (χ4v) is 1.78. The van der Waals surface area contributed by atoms with Crippen molar-refractivity contribution in [3.8, 4) is 11.4 Å². The first-order valence-corrected chi connectivity index (χ1v) is 6.35. The van der Waals surface area contributed by atoms with Crippen LogP contribution in [0.1, 0.15) is 27.2 Å². The van der Waals surface area contributed by atoms with Gasteiger partial charge in [0, 0.05) is 17.3 Å². The zero-order valence-corrected chi connectivity index (χ0v) is 11.7. The lowest BCUT2D eigenvalue weighted by Crippen LogP contribution is -2.20. The van der Waals surface area contributed by atoms with E-state index in [1.165, 1.54) is 0 Å². The van der Waals surface area contributed by atoms with Gasteiger partial charge in [0.2, 0.25) is 0 Å². The zero-order chi connectivity index (χ0) is 14.9. The van der Waals surface area contributed by atoms with Gasteiger partial charge in [-0.1, -0.05) is 20.8 Å². The Morgan fingerprint density at radius 2 is 1.90 bits per heavy atom. The maximum Gasteiger partial charge on any atom is 0.184 e. The van der Waals surface area contributed by atoms with Crippen molar-refractivity contribution in [2.24, 2.45) is 5.41 Å². The molecular weight excluding hydrogens is 264 g/mol. The van der Waals surface area contributed by atoms with Gasteiger partial charge in [-0.05, 0) is 28.3 Å². The Balaban J connectivity index is 2.45. The summed E-state index contributed by atoms with van der Waals surface area (Å²) in [5.74, 6) is -1.62. The second-order valence-electron chi connectivity index (χ2n) is 5.53. The Kier molecular flexibility index (Phi) is 3.69. The van der Waals surface area contributed by atoms with Crippen LogP contribution < -0.4 is 5.73 Å². The van der Waals surface area contributed by atoms with Crippen molar-refractivity contribution in [1.29, 1.82) is 0 Å². The molecule has 0 amide bonds. The van der Waals surface area contributed by atoms with Gasteiger partial charge in [-0.25, -0.2) is 13.5 Å². The lowest BCUT2D eigenvalue weighted by molar-refractivity contribution is 0.279. The molecule has 0 aliphatic rings. The molecule has 0 aliphatic heterocycles. The van der Waals surface area contributed by atoms with E-state index in [1.807, 2.05) is 0 Å². The number of nitrogens with two attached hydrogens (primary N) is 1. The first-order valence-electron chi connectivity index (χ1n) is 6.35. The number of rotatable bonds is 4. The number of halogens is 2. The first kappa shape index (κ1) is 14.4. The molecule has 20 heavy (non-hydrogen) atoms. The Bertz CT molecular complexity index is 621. The molecule has 7 heteroatoms. The second kappa shape index (κ2) is 5.15. The predicted octanol–water partition coefficient (Wildman–Crippen LogP) is 2.64. The van der Waals surface area contributed by atoms with Gasteiger partial charge in [0.15, 0.2) is 17.5 Å². The molecule has 2 aromatic rings. The van der Waals surface area contributed by atoms with Crippen molar-refractivity contribution in [2.75, 3.05) is 5.73 Å². The molecule has 0 saturated heterocycles. The third-order valence-corrected chi connectivity index (χ3v) is 3.40. The van der Waals surface area contributed by atoms with E-state index < -0.39 is 11.6 Å². The Hall–Kier alpha value is -2.05. The van der Waals surface area contributed by atoms with Crippen molar-refractivity contribution < 1.29 is 8.78 Å². The van der Waals surface area contributed by atoms with Gasteiger partial charge in [-0.2, -0.15) is 0 Å². The number of nitrogen functional groups attached to an aromatic ring is 1. The van der Waals surface area contributed by atoms with Gasteiger partial charge in [0.1, 0.15) is 0 Å².